The summed E-state index contributed by atoms with van der Waals surface area (Å²) >= 11 is 0.954. The second-order valence-electron chi connectivity index (χ2n) is 6.09. The molecule has 1 fully saturated rings. The summed E-state index contributed by atoms with van der Waals surface area (Å²) in [5.74, 6) is -0.302. The average molecular weight is 402 g/mol. The van der Waals surface area contributed by atoms with E-state index in [4.69, 9.17) is 4.74 Å². The van der Waals surface area contributed by atoms with Gasteiger partial charge in [0.1, 0.15) is 0 Å². The fraction of sp³-hybridized carbons (Fsp3) is 0.562. The molecule has 0 amide bonds. The van der Waals surface area contributed by atoms with Crippen molar-refractivity contribution in [2.45, 2.75) is 36.5 Å². The Balaban J connectivity index is 2.26. The quantitative estimate of drug-likeness (QED) is 0.299. The summed E-state index contributed by atoms with van der Waals surface area (Å²) < 4.78 is 31.8. The number of benzene rings is 1. The van der Waals surface area contributed by atoms with Crippen LogP contribution in [0.3, 0.4) is 0 Å². The van der Waals surface area contributed by atoms with Crippen LogP contribution in [0.2, 0.25) is 0 Å². The maximum absolute atomic E-state index is 12.8. The van der Waals surface area contributed by atoms with Crippen molar-refractivity contribution in [3.8, 4) is 0 Å². The van der Waals surface area contributed by atoms with E-state index >= 15 is 0 Å². The molecule has 0 unspecified atom stereocenters. The van der Waals surface area contributed by atoms with Crippen molar-refractivity contribution in [1.29, 1.82) is 0 Å². The van der Waals surface area contributed by atoms with Gasteiger partial charge in [0, 0.05) is 19.2 Å². The van der Waals surface area contributed by atoms with E-state index in [-0.39, 0.29) is 33.8 Å². The molecule has 1 atom stereocenters. The minimum absolute atomic E-state index is 0.0790. The first-order valence-corrected chi connectivity index (χ1v) is 10.7. The number of thioether (sulfide) groups is 1. The molecule has 0 bridgehead atoms. The number of nitro groups is 1. The largest absolute Gasteiger partial charge is 0.465 e. The third-order valence-electron chi connectivity index (χ3n) is 4.04. The average Bonchev–Trinajstić information content (AvgIpc) is 2.60. The molecule has 0 N–H and O–H groups in total. The molecule has 1 aliphatic rings. The second kappa shape index (κ2) is 8.83. The van der Waals surface area contributed by atoms with E-state index in [1.165, 1.54) is 16.4 Å². The molecule has 8 nitrogen and oxygen atoms in total. The van der Waals surface area contributed by atoms with Crippen molar-refractivity contribution < 1.29 is 22.9 Å². The van der Waals surface area contributed by atoms with E-state index in [9.17, 15) is 23.3 Å². The lowest BCUT2D eigenvalue weighted by Gasteiger charge is -2.30. The molecule has 0 spiro atoms. The van der Waals surface area contributed by atoms with E-state index in [0.29, 0.717) is 13.1 Å². The van der Waals surface area contributed by atoms with Crippen molar-refractivity contribution in [3.05, 3.63) is 28.3 Å². The Bertz CT molecular complexity index is 781. The van der Waals surface area contributed by atoms with Gasteiger partial charge in [0.2, 0.25) is 10.0 Å². The Hall–Kier alpha value is -1.65. The Labute approximate surface area is 157 Å². The van der Waals surface area contributed by atoms with Crippen LogP contribution in [0.4, 0.5) is 5.69 Å². The molecule has 1 saturated heterocycles. The third-order valence-corrected chi connectivity index (χ3v) is 6.93. The summed E-state index contributed by atoms with van der Waals surface area (Å²) in [6.45, 7) is 4.72. The van der Waals surface area contributed by atoms with E-state index in [2.05, 4.69) is 0 Å². The number of hydrogen-bond donors (Lipinski definition) is 0. The number of ether oxygens (including phenoxy) is 1. The molecule has 0 radical (unpaired) electrons. The zero-order chi connectivity index (χ0) is 19.3. The number of carbonyl (C=O) groups is 1. The number of carbonyl (C=O) groups excluding carboxylic acids is 1. The molecule has 2 rings (SSSR count). The van der Waals surface area contributed by atoms with Gasteiger partial charge in [-0.05, 0) is 37.8 Å². The van der Waals surface area contributed by atoms with E-state index in [1.54, 1.807) is 6.92 Å². The van der Waals surface area contributed by atoms with Crippen molar-refractivity contribution in [3.63, 3.8) is 0 Å². The minimum atomic E-state index is -3.78. The van der Waals surface area contributed by atoms with Gasteiger partial charge in [-0.25, -0.2) is 8.42 Å². The minimum Gasteiger partial charge on any atom is -0.465 e. The number of nitrogens with zero attached hydrogens (tertiary/aromatic N) is 2. The molecule has 1 aliphatic heterocycles. The van der Waals surface area contributed by atoms with Crippen LogP contribution >= 0.6 is 11.8 Å². The monoisotopic (exact) mass is 402 g/mol. The van der Waals surface area contributed by atoms with E-state index < -0.39 is 20.9 Å². The van der Waals surface area contributed by atoms with Gasteiger partial charge in [-0.1, -0.05) is 6.92 Å². The summed E-state index contributed by atoms with van der Waals surface area (Å²) in [5, 5.41) is 11.4. The van der Waals surface area contributed by atoms with Crippen LogP contribution < -0.4 is 0 Å². The maximum Gasteiger partial charge on any atom is 0.316 e. The van der Waals surface area contributed by atoms with Crippen LogP contribution in [0.15, 0.2) is 28.0 Å². The van der Waals surface area contributed by atoms with Gasteiger partial charge in [0.25, 0.3) is 5.69 Å². The molecule has 144 valence electrons. The van der Waals surface area contributed by atoms with Crippen LogP contribution in [0, 0.1) is 16.0 Å². The van der Waals surface area contributed by atoms with Gasteiger partial charge in [-0.15, -0.1) is 11.8 Å². The van der Waals surface area contributed by atoms with Gasteiger partial charge in [-0.2, -0.15) is 4.31 Å². The molecule has 26 heavy (non-hydrogen) atoms. The Morgan fingerprint density at radius 1 is 1.46 bits per heavy atom. The summed E-state index contributed by atoms with van der Waals surface area (Å²) in [6, 6.07) is 3.81. The summed E-state index contributed by atoms with van der Waals surface area (Å²) in [6.07, 6.45) is 1.74. The lowest BCUT2D eigenvalue weighted by molar-refractivity contribution is -0.388. The SMILES string of the molecule is CCOC(=O)CSc1ccc(S(=O)(=O)N2CCC[C@@H](C)C2)cc1[N+](=O)[O-]. The highest BCUT2D eigenvalue weighted by Crippen LogP contribution is 2.33. The maximum atomic E-state index is 12.8. The normalized spacial score (nSPS) is 18.5. The highest BCUT2D eigenvalue weighted by molar-refractivity contribution is 8.00. The van der Waals surface area contributed by atoms with Gasteiger partial charge in [0.05, 0.1) is 27.1 Å². The van der Waals surface area contributed by atoms with E-state index in [1.807, 2.05) is 6.92 Å². The van der Waals surface area contributed by atoms with Crippen molar-refractivity contribution >= 4 is 33.4 Å². The highest BCUT2D eigenvalue weighted by Gasteiger charge is 2.30. The van der Waals surface area contributed by atoms with Gasteiger partial charge >= 0.3 is 5.97 Å². The molecule has 1 aromatic carbocycles. The standard InChI is InChI=1S/C16H22N2O6S2/c1-3-24-16(19)11-25-15-7-6-13(9-14(15)18(20)21)26(22,23)17-8-4-5-12(2)10-17/h6-7,9,12H,3-5,8,10-11H2,1-2H3/t12-/m1/s1. The Morgan fingerprint density at radius 2 is 2.19 bits per heavy atom. The lowest BCUT2D eigenvalue weighted by atomic mass is 10.0. The smallest absolute Gasteiger partial charge is 0.316 e. The zero-order valence-corrected chi connectivity index (χ0v) is 16.3. The number of piperidine rings is 1. The number of nitro benzene ring substituents is 1. The zero-order valence-electron chi connectivity index (χ0n) is 14.7. The van der Waals surface area contributed by atoms with Gasteiger partial charge < -0.3 is 4.74 Å². The van der Waals surface area contributed by atoms with Crippen LogP contribution in [0.1, 0.15) is 26.7 Å². The topological polar surface area (TPSA) is 107 Å². The van der Waals surface area contributed by atoms with Gasteiger partial charge in [-0.3, -0.25) is 14.9 Å². The number of hydrogen-bond acceptors (Lipinski definition) is 7. The fourth-order valence-corrected chi connectivity index (χ4v) is 5.20. The van der Waals surface area contributed by atoms with Gasteiger partial charge in [0.15, 0.2) is 0 Å². The summed E-state index contributed by atoms with van der Waals surface area (Å²) in [4.78, 5) is 22.3. The predicted octanol–water partition coefficient (Wildman–Crippen LogP) is 2.67. The molecule has 10 heteroatoms. The summed E-state index contributed by atoms with van der Waals surface area (Å²) in [5.41, 5.74) is -0.328. The molecule has 0 aliphatic carbocycles. The van der Waals surface area contributed by atoms with Crippen LogP contribution in [0.5, 0.6) is 0 Å². The second-order valence-corrected chi connectivity index (χ2v) is 9.05. The first kappa shape index (κ1) is 20.7. The fourth-order valence-electron chi connectivity index (χ4n) is 2.78. The summed E-state index contributed by atoms with van der Waals surface area (Å²) in [7, 11) is -3.78. The van der Waals surface area contributed by atoms with Crippen molar-refractivity contribution in [2.24, 2.45) is 5.92 Å². The Morgan fingerprint density at radius 3 is 2.81 bits per heavy atom. The van der Waals surface area contributed by atoms with Crippen LogP contribution in [-0.2, 0) is 19.6 Å². The number of sulfonamides is 1. The molecule has 0 aromatic heterocycles. The molecule has 0 saturated carbocycles. The molecule has 1 heterocycles. The van der Waals surface area contributed by atoms with Crippen molar-refractivity contribution in [1.82, 2.24) is 4.31 Å². The van der Waals surface area contributed by atoms with Crippen LogP contribution in [0.25, 0.3) is 0 Å². The number of esters is 1. The lowest BCUT2D eigenvalue weighted by Crippen LogP contribution is -2.39. The number of rotatable bonds is 7. The predicted molar refractivity (Wildman–Crippen MR) is 97.6 cm³/mol. The third kappa shape index (κ3) is 4.95. The van der Waals surface area contributed by atoms with Crippen LogP contribution in [-0.4, -0.2) is 49.1 Å². The molecular weight excluding hydrogens is 380 g/mol. The molecule has 1 aromatic rings. The Kier molecular flexibility index (Phi) is 7.01. The highest BCUT2D eigenvalue weighted by atomic mass is 32.2. The first-order valence-electron chi connectivity index (χ1n) is 8.32. The van der Waals surface area contributed by atoms with E-state index in [0.717, 1.165) is 30.7 Å². The molecular formula is C16H22N2O6S2. The van der Waals surface area contributed by atoms with Crippen molar-refractivity contribution in [2.75, 3.05) is 25.4 Å². The first-order chi connectivity index (χ1) is 12.3.